The van der Waals surface area contributed by atoms with Gasteiger partial charge in [-0.15, -0.1) is 0 Å². The fraction of sp³-hybridized carbons (Fsp3) is 0.444. The Morgan fingerprint density at radius 1 is 1.27 bits per heavy atom. The summed E-state index contributed by atoms with van der Waals surface area (Å²) in [4.78, 5) is 30.3. The third kappa shape index (κ3) is 4.81. The molecule has 1 aromatic carbocycles. The van der Waals surface area contributed by atoms with Crippen molar-refractivity contribution in [2.45, 2.75) is 26.3 Å². The first kappa shape index (κ1) is 17.9. The summed E-state index contributed by atoms with van der Waals surface area (Å²) in [5.41, 5.74) is 0. The van der Waals surface area contributed by atoms with E-state index in [1.54, 1.807) is 11.8 Å². The number of nitrogens with one attached hydrogen (secondary N) is 1. The number of para-hydroxylation sites is 1. The van der Waals surface area contributed by atoms with Gasteiger partial charge < -0.3 is 19.5 Å². The van der Waals surface area contributed by atoms with Crippen LogP contribution in [0.2, 0.25) is 0 Å². The quantitative estimate of drug-likeness (QED) is 0.836. The number of rotatable bonds is 6. The Kier molecular flexibility index (Phi) is 5.83. The van der Waals surface area contributed by atoms with Crippen LogP contribution in [0.4, 0.5) is 0 Å². The molecule has 2 heterocycles. The molecule has 0 radical (unpaired) electrons. The number of nitrogens with zero attached hydrogens (tertiary/aromatic N) is 3. The van der Waals surface area contributed by atoms with Gasteiger partial charge in [-0.05, 0) is 31.9 Å². The number of hydrogen-bond acceptors (Lipinski definition) is 6. The van der Waals surface area contributed by atoms with Gasteiger partial charge in [0, 0.05) is 19.0 Å². The van der Waals surface area contributed by atoms with Crippen LogP contribution in [0.5, 0.6) is 5.75 Å². The average Bonchev–Trinajstić information content (AvgIpc) is 3.10. The molecule has 0 spiro atoms. The molecular formula is C18H22N4O4. The van der Waals surface area contributed by atoms with E-state index in [2.05, 4.69) is 15.5 Å². The van der Waals surface area contributed by atoms with E-state index in [1.807, 2.05) is 30.3 Å². The summed E-state index contributed by atoms with van der Waals surface area (Å²) in [6.07, 6.45) is 1.26. The van der Waals surface area contributed by atoms with Gasteiger partial charge in [0.1, 0.15) is 5.75 Å². The van der Waals surface area contributed by atoms with Crippen molar-refractivity contribution >= 4 is 11.8 Å². The van der Waals surface area contributed by atoms with Crippen LogP contribution < -0.4 is 10.1 Å². The minimum Gasteiger partial charge on any atom is -0.484 e. The molecule has 26 heavy (non-hydrogen) atoms. The molecule has 138 valence electrons. The molecule has 2 amide bonds. The third-order valence-corrected chi connectivity index (χ3v) is 4.31. The highest BCUT2D eigenvalue weighted by Gasteiger charge is 2.27. The normalized spacial score (nSPS) is 14.9. The zero-order chi connectivity index (χ0) is 18.4. The van der Waals surface area contributed by atoms with E-state index >= 15 is 0 Å². The lowest BCUT2D eigenvalue weighted by molar-refractivity contribution is -0.137. The van der Waals surface area contributed by atoms with Crippen molar-refractivity contribution < 1.29 is 18.8 Å². The smallest absolute Gasteiger partial charge is 0.260 e. The second-order valence-electron chi connectivity index (χ2n) is 6.21. The van der Waals surface area contributed by atoms with E-state index in [-0.39, 0.29) is 30.9 Å². The molecule has 0 atom stereocenters. The maximum absolute atomic E-state index is 12.2. The number of hydrogen-bond donors (Lipinski definition) is 1. The van der Waals surface area contributed by atoms with Crippen molar-refractivity contribution in [3.8, 4) is 5.75 Å². The van der Waals surface area contributed by atoms with Crippen LogP contribution >= 0.6 is 0 Å². The first-order chi connectivity index (χ1) is 12.6. The minimum absolute atomic E-state index is 0.0113. The van der Waals surface area contributed by atoms with Crippen molar-refractivity contribution in [1.82, 2.24) is 20.4 Å². The fourth-order valence-corrected chi connectivity index (χ4v) is 2.86. The third-order valence-electron chi connectivity index (χ3n) is 4.31. The van der Waals surface area contributed by atoms with Gasteiger partial charge in [0.25, 0.3) is 5.91 Å². The predicted octanol–water partition coefficient (Wildman–Crippen LogP) is 1.31. The van der Waals surface area contributed by atoms with Crippen LogP contribution in [-0.4, -0.2) is 46.6 Å². The molecule has 2 aromatic rings. The zero-order valence-electron chi connectivity index (χ0n) is 14.7. The van der Waals surface area contributed by atoms with Crippen LogP contribution in [-0.2, 0) is 16.1 Å². The lowest BCUT2D eigenvalue weighted by Crippen LogP contribution is -2.44. The average molecular weight is 358 g/mol. The Balaban J connectivity index is 1.39. The van der Waals surface area contributed by atoms with Crippen LogP contribution in [0.25, 0.3) is 0 Å². The van der Waals surface area contributed by atoms with Gasteiger partial charge in [-0.2, -0.15) is 4.98 Å². The number of carbonyl (C=O) groups is 2. The lowest BCUT2D eigenvalue weighted by Gasteiger charge is -2.31. The monoisotopic (exact) mass is 358 g/mol. The van der Waals surface area contributed by atoms with Crippen LogP contribution in [0.1, 0.15) is 24.6 Å². The van der Waals surface area contributed by atoms with Gasteiger partial charge >= 0.3 is 0 Å². The molecule has 3 rings (SSSR count). The van der Waals surface area contributed by atoms with Crippen LogP contribution in [0.15, 0.2) is 34.9 Å². The number of piperidine rings is 1. The molecule has 0 aliphatic carbocycles. The first-order valence-electron chi connectivity index (χ1n) is 8.64. The number of ether oxygens (including phenoxy) is 1. The van der Waals surface area contributed by atoms with E-state index in [1.165, 1.54) is 0 Å². The largest absolute Gasteiger partial charge is 0.484 e. The molecular weight excluding hydrogens is 336 g/mol. The Labute approximate surface area is 151 Å². The van der Waals surface area contributed by atoms with Crippen molar-refractivity contribution in [3.63, 3.8) is 0 Å². The number of amides is 2. The van der Waals surface area contributed by atoms with Crippen molar-refractivity contribution in [3.05, 3.63) is 42.0 Å². The Morgan fingerprint density at radius 3 is 2.65 bits per heavy atom. The minimum atomic E-state index is -0.113. The summed E-state index contributed by atoms with van der Waals surface area (Å²) in [5.74, 6) is 1.38. The molecule has 0 unspecified atom stereocenters. The van der Waals surface area contributed by atoms with E-state index in [9.17, 15) is 9.59 Å². The maximum atomic E-state index is 12.2. The first-order valence-corrected chi connectivity index (χ1v) is 8.64. The zero-order valence-corrected chi connectivity index (χ0v) is 14.7. The standard InChI is InChI=1S/C18H22N4O4/c1-13-20-16(26-21-13)11-19-18(24)14-7-9-22(10-8-14)17(23)12-25-15-5-3-2-4-6-15/h2-6,14H,7-12H2,1H3,(H,19,24). The maximum Gasteiger partial charge on any atom is 0.260 e. The molecule has 1 aliphatic rings. The Morgan fingerprint density at radius 2 is 2.00 bits per heavy atom. The molecule has 8 heteroatoms. The van der Waals surface area contributed by atoms with Crippen LogP contribution in [0, 0.1) is 12.8 Å². The Bertz CT molecular complexity index is 739. The second-order valence-corrected chi connectivity index (χ2v) is 6.21. The highest BCUT2D eigenvalue weighted by Crippen LogP contribution is 2.18. The van der Waals surface area contributed by atoms with Crippen molar-refractivity contribution in [2.24, 2.45) is 5.92 Å². The van der Waals surface area contributed by atoms with Crippen molar-refractivity contribution in [1.29, 1.82) is 0 Å². The lowest BCUT2D eigenvalue weighted by atomic mass is 9.96. The summed E-state index contributed by atoms with van der Waals surface area (Å²) in [5, 5.41) is 6.49. The molecule has 0 bridgehead atoms. The SMILES string of the molecule is Cc1noc(CNC(=O)C2CCN(C(=O)COc3ccccc3)CC2)n1. The molecule has 1 aromatic heterocycles. The van der Waals surface area contributed by atoms with Gasteiger partial charge in [0.05, 0.1) is 6.54 Å². The predicted molar refractivity (Wildman–Crippen MR) is 92.1 cm³/mol. The van der Waals surface area contributed by atoms with Crippen molar-refractivity contribution in [2.75, 3.05) is 19.7 Å². The summed E-state index contributed by atoms with van der Waals surface area (Å²) < 4.78 is 10.5. The summed E-state index contributed by atoms with van der Waals surface area (Å²) >= 11 is 0. The number of likely N-dealkylation sites (tertiary alicyclic amines) is 1. The molecule has 1 N–H and O–H groups in total. The number of aryl methyl sites for hydroxylation is 1. The molecule has 0 saturated carbocycles. The molecule has 1 aliphatic heterocycles. The topological polar surface area (TPSA) is 97.6 Å². The van der Waals surface area contributed by atoms with E-state index in [4.69, 9.17) is 9.26 Å². The molecule has 8 nitrogen and oxygen atoms in total. The number of benzene rings is 1. The highest BCUT2D eigenvalue weighted by atomic mass is 16.5. The van der Waals surface area contributed by atoms with Gasteiger partial charge in [0.2, 0.25) is 11.8 Å². The molecule has 1 fully saturated rings. The number of aromatic nitrogens is 2. The van der Waals surface area contributed by atoms with Gasteiger partial charge in [-0.25, -0.2) is 0 Å². The fourth-order valence-electron chi connectivity index (χ4n) is 2.86. The van der Waals surface area contributed by atoms with E-state index in [0.29, 0.717) is 43.4 Å². The van der Waals surface area contributed by atoms with Crippen LogP contribution in [0.3, 0.4) is 0 Å². The highest BCUT2D eigenvalue weighted by molar-refractivity contribution is 5.80. The summed E-state index contributed by atoms with van der Waals surface area (Å²) in [6.45, 7) is 3.06. The summed E-state index contributed by atoms with van der Waals surface area (Å²) in [7, 11) is 0. The van der Waals surface area contributed by atoms with E-state index in [0.717, 1.165) is 0 Å². The summed E-state index contributed by atoms with van der Waals surface area (Å²) in [6, 6.07) is 9.24. The van der Waals surface area contributed by atoms with Gasteiger partial charge in [0.15, 0.2) is 12.4 Å². The van der Waals surface area contributed by atoms with Gasteiger partial charge in [-0.3, -0.25) is 9.59 Å². The van der Waals surface area contributed by atoms with E-state index < -0.39 is 0 Å². The molecule has 1 saturated heterocycles. The van der Waals surface area contributed by atoms with Gasteiger partial charge in [-0.1, -0.05) is 23.4 Å². The Hall–Kier alpha value is -2.90. The number of carbonyl (C=O) groups excluding carboxylic acids is 2. The second kappa shape index (κ2) is 8.46.